The van der Waals surface area contributed by atoms with Crippen molar-refractivity contribution in [1.82, 2.24) is 10.2 Å². The zero-order chi connectivity index (χ0) is 22.3. The number of benzene rings is 2. The highest BCUT2D eigenvalue weighted by molar-refractivity contribution is 5.56. The van der Waals surface area contributed by atoms with Gasteiger partial charge in [0.1, 0.15) is 18.4 Å². The normalized spacial score (nSPS) is 26.1. The van der Waals surface area contributed by atoms with Crippen LogP contribution in [0.4, 0.5) is 0 Å². The van der Waals surface area contributed by atoms with Crippen LogP contribution < -0.4 is 5.32 Å². The second kappa shape index (κ2) is 10.8. The van der Waals surface area contributed by atoms with Crippen molar-refractivity contribution in [2.75, 3.05) is 27.3 Å². The van der Waals surface area contributed by atoms with Crippen molar-refractivity contribution in [2.45, 2.75) is 37.3 Å². The zero-order valence-corrected chi connectivity index (χ0v) is 18.7. The van der Waals surface area contributed by atoms with Gasteiger partial charge in [0.25, 0.3) is 0 Å². The van der Waals surface area contributed by atoms with E-state index in [4.69, 9.17) is 14.2 Å². The number of methoxy groups -OCH3 is 2. The van der Waals surface area contributed by atoms with E-state index < -0.39 is 0 Å². The monoisotopic (exact) mass is 436 g/mol. The molecule has 5 unspecified atom stereocenters. The first-order chi connectivity index (χ1) is 15.8. The second-order valence-electron chi connectivity index (χ2n) is 8.35. The summed E-state index contributed by atoms with van der Waals surface area (Å²) in [5.41, 5.74) is 3.49. The fourth-order valence-electron chi connectivity index (χ4n) is 5.12. The molecule has 0 aliphatic carbocycles. The van der Waals surface area contributed by atoms with Gasteiger partial charge in [-0.05, 0) is 30.0 Å². The van der Waals surface area contributed by atoms with Crippen molar-refractivity contribution in [2.24, 2.45) is 5.92 Å². The van der Waals surface area contributed by atoms with Crippen molar-refractivity contribution in [3.05, 3.63) is 77.5 Å². The molecule has 1 amide bonds. The standard InChI is InChI=1S/C26H32N2O4/c1-30-25-22(13-16-28(26(25)31-2)15-12-19-8-4-3-5-9-19)23(27-18-29)24-21-11-7-6-10-20(21)14-17-32-24/h3-11,14,17-18,22-26H,12-13,15-16H2,1-2H3,(H,27,29). The van der Waals surface area contributed by atoms with E-state index in [0.29, 0.717) is 0 Å². The van der Waals surface area contributed by atoms with Gasteiger partial charge in [-0.25, -0.2) is 0 Å². The summed E-state index contributed by atoms with van der Waals surface area (Å²) in [6, 6.07) is 18.4. The molecule has 2 aliphatic rings. The fraction of sp³-hybridized carbons (Fsp3) is 0.423. The molecule has 2 heterocycles. The smallest absolute Gasteiger partial charge is 0.207 e. The summed E-state index contributed by atoms with van der Waals surface area (Å²) in [4.78, 5) is 14.0. The third kappa shape index (κ3) is 4.72. The molecule has 170 valence electrons. The maximum atomic E-state index is 11.6. The maximum Gasteiger partial charge on any atom is 0.207 e. The lowest BCUT2D eigenvalue weighted by molar-refractivity contribution is -0.173. The molecule has 0 spiro atoms. The quantitative estimate of drug-likeness (QED) is 0.611. The molecule has 0 aromatic heterocycles. The van der Waals surface area contributed by atoms with Crippen LogP contribution in [0.25, 0.3) is 6.08 Å². The summed E-state index contributed by atoms with van der Waals surface area (Å²) < 4.78 is 18.0. The van der Waals surface area contributed by atoms with Gasteiger partial charge >= 0.3 is 0 Å². The molecule has 0 radical (unpaired) electrons. The summed E-state index contributed by atoms with van der Waals surface area (Å²) in [6.07, 6.45) is 5.57. The first-order valence-corrected chi connectivity index (χ1v) is 11.2. The van der Waals surface area contributed by atoms with Gasteiger partial charge in [0.2, 0.25) is 6.41 Å². The van der Waals surface area contributed by atoms with Gasteiger partial charge in [-0.2, -0.15) is 0 Å². The molecule has 6 heteroatoms. The van der Waals surface area contributed by atoms with Gasteiger partial charge in [0, 0.05) is 38.8 Å². The molecular weight excluding hydrogens is 404 g/mol. The highest BCUT2D eigenvalue weighted by Crippen LogP contribution is 2.38. The molecule has 0 bridgehead atoms. The number of amides is 1. The molecule has 5 atom stereocenters. The number of hydrogen-bond donors (Lipinski definition) is 1. The Bertz CT molecular complexity index is 904. The molecule has 2 aromatic rings. The Hall–Kier alpha value is -2.67. The summed E-state index contributed by atoms with van der Waals surface area (Å²) in [7, 11) is 3.45. The van der Waals surface area contributed by atoms with Gasteiger partial charge in [-0.1, -0.05) is 54.6 Å². The largest absolute Gasteiger partial charge is 0.491 e. The van der Waals surface area contributed by atoms with Gasteiger partial charge in [0.15, 0.2) is 0 Å². The zero-order valence-electron chi connectivity index (χ0n) is 18.7. The fourth-order valence-corrected chi connectivity index (χ4v) is 5.12. The van der Waals surface area contributed by atoms with E-state index in [9.17, 15) is 4.79 Å². The summed E-state index contributed by atoms with van der Waals surface area (Å²) in [5, 5.41) is 3.05. The number of carbonyl (C=O) groups is 1. The van der Waals surface area contributed by atoms with E-state index >= 15 is 0 Å². The predicted molar refractivity (Wildman–Crippen MR) is 124 cm³/mol. The number of hydrogen-bond acceptors (Lipinski definition) is 5. The minimum absolute atomic E-state index is 0.0349. The SMILES string of the molecule is COC1C(C(NC=O)C2OC=Cc3ccccc32)CCN(CCc2ccccc2)C1OC. The molecule has 1 fully saturated rings. The molecule has 4 rings (SSSR count). The molecule has 0 saturated carbocycles. The Morgan fingerprint density at radius 2 is 1.91 bits per heavy atom. The van der Waals surface area contributed by atoms with E-state index in [2.05, 4.69) is 46.6 Å². The van der Waals surface area contributed by atoms with Gasteiger partial charge in [-0.15, -0.1) is 0 Å². The van der Waals surface area contributed by atoms with Crippen LogP contribution in [0.2, 0.25) is 0 Å². The van der Waals surface area contributed by atoms with Gasteiger partial charge in [0.05, 0.1) is 12.3 Å². The Morgan fingerprint density at radius 3 is 2.66 bits per heavy atom. The second-order valence-corrected chi connectivity index (χ2v) is 8.35. The lowest BCUT2D eigenvalue weighted by Crippen LogP contribution is -2.60. The average Bonchev–Trinajstić information content (AvgIpc) is 2.86. The van der Waals surface area contributed by atoms with Crippen LogP contribution >= 0.6 is 0 Å². The third-order valence-corrected chi connectivity index (χ3v) is 6.68. The number of ether oxygens (including phenoxy) is 3. The van der Waals surface area contributed by atoms with E-state index in [-0.39, 0.29) is 30.4 Å². The van der Waals surface area contributed by atoms with Crippen LogP contribution in [0.5, 0.6) is 0 Å². The van der Waals surface area contributed by atoms with Crippen molar-refractivity contribution in [1.29, 1.82) is 0 Å². The first-order valence-electron chi connectivity index (χ1n) is 11.2. The van der Waals surface area contributed by atoms with Crippen LogP contribution in [0.1, 0.15) is 29.2 Å². The number of likely N-dealkylation sites (tertiary alicyclic amines) is 1. The first kappa shape index (κ1) is 22.5. The molecule has 32 heavy (non-hydrogen) atoms. The predicted octanol–water partition coefficient (Wildman–Crippen LogP) is 3.40. The van der Waals surface area contributed by atoms with Crippen LogP contribution in [0.3, 0.4) is 0 Å². The number of nitrogens with zero attached hydrogens (tertiary/aromatic N) is 1. The van der Waals surface area contributed by atoms with E-state index in [0.717, 1.165) is 43.5 Å². The summed E-state index contributed by atoms with van der Waals surface area (Å²) >= 11 is 0. The highest BCUT2D eigenvalue weighted by Gasteiger charge is 2.45. The van der Waals surface area contributed by atoms with Crippen LogP contribution in [0.15, 0.2) is 60.9 Å². The number of piperidine rings is 1. The average molecular weight is 437 g/mol. The number of rotatable bonds is 9. The molecule has 2 aliphatic heterocycles. The van der Waals surface area contributed by atoms with E-state index in [1.165, 1.54) is 5.56 Å². The van der Waals surface area contributed by atoms with Gasteiger partial charge < -0.3 is 19.5 Å². The minimum atomic E-state index is -0.280. The Morgan fingerprint density at radius 1 is 1.12 bits per heavy atom. The van der Waals surface area contributed by atoms with Crippen molar-refractivity contribution < 1.29 is 19.0 Å². The summed E-state index contributed by atoms with van der Waals surface area (Å²) in [5.74, 6) is 0.0349. The molecular formula is C26H32N2O4. The number of nitrogens with one attached hydrogen (secondary N) is 1. The molecule has 6 nitrogen and oxygen atoms in total. The summed E-state index contributed by atoms with van der Waals surface area (Å²) in [6.45, 7) is 1.74. The number of fused-ring (bicyclic) bond motifs is 1. The van der Waals surface area contributed by atoms with Crippen molar-refractivity contribution in [3.8, 4) is 0 Å². The highest BCUT2D eigenvalue weighted by atomic mass is 16.5. The van der Waals surface area contributed by atoms with Crippen molar-refractivity contribution in [3.63, 3.8) is 0 Å². The molecule has 1 saturated heterocycles. The van der Waals surface area contributed by atoms with E-state index in [1.54, 1.807) is 20.5 Å². The molecule has 1 N–H and O–H groups in total. The van der Waals surface area contributed by atoms with Crippen LogP contribution in [-0.4, -0.2) is 57.0 Å². The van der Waals surface area contributed by atoms with Gasteiger partial charge in [-0.3, -0.25) is 9.69 Å². The van der Waals surface area contributed by atoms with Crippen LogP contribution in [0, 0.1) is 5.92 Å². The Labute approximate surface area is 190 Å². The Balaban J connectivity index is 1.54. The van der Waals surface area contributed by atoms with E-state index in [1.807, 2.05) is 24.3 Å². The topological polar surface area (TPSA) is 60.0 Å². The van der Waals surface area contributed by atoms with Crippen molar-refractivity contribution >= 4 is 12.5 Å². The lowest BCUT2D eigenvalue weighted by Gasteiger charge is -2.47. The Kier molecular flexibility index (Phi) is 7.58. The maximum absolute atomic E-state index is 11.6. The lowest BCUT2D eigenvalue weighted by atomic mass is 9.80. The van der Waals surface area contributed by atoms with Crippen LogP contribution in [-0.2, 0) is 25.4 Å². The minimum Gasteiger partial charge on any atom is -0.491 e. The number of carbonyl (C=O) groups excluding carboxylic acids is 1. The third-order valence-electron chi connectivity index (χ3n) is 6.68. The molecule has 2 aromatic carbocycles.